The maximum atomic E-state index is 12.7. The molecule has 136 valence electrons. The van der Waals surface area contributed by atoms with Gasteiger partial charge >= 0.3 is 12.0 Å². The first-order valence-electron chi connectivity index (χ1n) is 8.56. The molecule has 5 nitrogen and oxygen atoms in total. The average Bonchev–Trinajstić information content (AvgIpc) is 2.72. The molecule has 0 saturated carbocycles. The maximum Gasteiger partial charge on any atom is 0.339 e. The molecule has 0 aromatic heterocycles. The van der Waals surface area contributed by atoms with Crippen molar-refractivity contribution in [1.29, 1.82) is 0 Å². The number of rotatable bonds is 6. The molecule has 5 heteroatoms. The molecule has 3 N–H and O–H groups in total. The minimum absolute atomic E-state index is 0.307. The number of benzene rings is 3. The van der Waals surface area contributed by atoms with Crippen molar-refractivity contribution < 1.29 is 14.3 Å². The zero-order valence-electron chi connectivity index (χ0n) is 14.7. The van der Waals surface area contributed by atoms with Gasteiger partial charge in [0.15, 0.2) is 6.10 Å². The number of hydrogen-bond acceptors (Lipinski definition) is 3. The van der Waals surface area contributed by atoms with Crippen LogP contribution >= 0.6 is 0 Å². The Kier molecular flexibility index (Phi) is 5.84. The van der Waals surface area contributed by atoms with Gasteiger partial charge in [-0.05, 0) is 28.8 Å². The van der Waals surface area contributed by atoms with E-state index >= 15 is 0 Å². The Morgan fingerprint density at radius 2 is 1.33 bits per heavy atom. The second-order valence-electron chi connectivity index (χ2n) is 6.02. The van der Waals surface area contributed by atoms with E-state index in [1.54, 1.807) is 24.3 Å². The summed E-state index contributed by atoms with van der Waals surface area (Å²) in [6, 6.07) is 25.5. The van der Waals surface area contributed by atoms with Crippen molar-refractivity contribution in [2.24, 2.45) is 5.73 Å². The molecule has 0 radical (unpaired) electrons. The van der Waals surface area contributed by atoms with Gasteiger partial charge in [0, 0.05) is 6.54 Å². The average molecular weight is 360 g/mol. The number of amides is 2. The lowest BCUT2D eigenvalue weighted by Crippen LogP contribution is -2.28. The number of ether oxygens (including phenoxy) is 1. The van der Waals surface area contributed by atoms with Crippen LogP contribution in [0.4, 0.5) is 4.79 Å². The lowest BCUT2D eigenvalue weighted by molar-refractivity contribution is 0.0378. The topological polar surface area (TPSA) is 81.4 Å². The Labute approximate surface area is 157 Å². The van der Waals surface area contributed by atoms with Crippen LogP contribution in [0.25, 0.3) is 0 Å². The predicted octanol–water partition coefficient (Wildman–Crippen LogP) is 3.80. The molecule has 0 aliphatic heterocycles. The molecule has 2 amide bonds. The van der Waals surface area contributed by atoms with E-state index in [9.17, 15) is 9.59 Å². The molecule has 3 aromatic carbocycles. The fourth-order valence-corrected chi connectivity index (χ4v) is 2.71. The highest BCUT2D eigenvalue weighted by atomic mass is 16.5. The van der Waals surface area contributed by atoms with Crippen molar-refractivity contribution >= 4 is 12.0 Å². The fraction of sp³-hybridized carbons (Fsp3) is 0.0909. The smallest absolute Gasteiger partial charge is 0.339 e. The van der Waals surface area contributed by atoms with Gasteiger partial charge in [-0.3, -0.25) is 0 Å². The van der Waals surface area contributed by atoms with Gasteiger partial charge < -0.3 is 15.8 Å². The van der Waals surface area contributed by atoms with E-state index in [2.05, 4.69) is 5.32 Å². The molecule has 0 spiro atoms. The molecule has 3 aromatic rings. The Hall–Kier alpha value is -3.60. The molecule has 3 rings (SSSR count). The third-order valence-electron chi connectivity index (χ3n) is 4.09. The molecule has 0 fully saturated rings. The van der Waals surface area contributed by atoms with Crippen LogP contribution in [0.15, 0.2) is 84.9 Å². The minimum Gasteiger partial charge on any atom is -0.449 e. The van der Waals surface area contributed by atoms with Crippen LogP contribution in [0.5, 0.6) is 0 Å². The summed E-state index contributed by atoms with van der Waals surface area (Å²) < 4.78 is 5.82. The van der Waals surface area contributed by atoms with E-state index in [-0.39, 0.29) is 0 Å². The number of urea groups is 1. The van der Waals surface area contributed by atoms with Gasteiger partial charge in [0.1, 0.15) is 0 Å². The first kappa shape index (κ1) is 18.2. The number of hydrogen-bond donors (Lipinski definition) is 2. The number of nitrogens with one attached hydrogen (secondary N) is 1. The van der Waals surface area contributed by atoms with Gasteiger partial charge in [-0.15, -0.1) is 0 Å². The second kappa shape index (κ2) is 8.67. The highest BCUT2D eigenvalue weighted by molar-refractivity contribution is 5.89. The summed E-state index contributed by atoms with van der Waals surface area (Å²) >= 11 is 0. The van der Waals surface area contributed by atoms with Crippen LogP contribution in [0.3, 0.4) is 0 Å². The third-order valence-corrected chi connectivity index (χ3v) is 4.09. The fourth-order valence-electron chi connectivity index (χ4n) is 2.71. The number of carbonyl (C=O) groups excluding carboxylic acids is 2. The van der Waals surface area contributed by atoms with E-state index in [1.807, 2.05) is 60.7 Å². The molecule has 0 bridgehead atoms. The second-order valence-corrected chi connectivity index (χ2v) is 6.02. The number of nitrogens with two attached hydrogens (primary N) is 1. The minimum atomic E-state index is -0.591. The van der Waals surface area contributed by atoms with Crippen molar-refractivity contribution in [2.45, 2.75) is 12.6 Å². The quantitative estimate of drug-likeness (QED) is 0.656. The predicted molar refractivity (Wildman–Crippen MR) is 103 cm³/mol. The van der Waals surface area contributed by atoms with E-state index in [0.29, 0.717) is 12.1 Å². The normalized spacial score (nSPS) is 10.4. The molecule has 0 atom stereocenters. The Morgan fingerprint density at radius 3 is 1.81 bits per heavy atom. The number of carbonyl (C=O) groups is 2. The summed E-state index contributed by atoms with van der Waals surface area (Å²) in [5.41, 5.74) is 8.14. The summed E-state index contributed by atoms with van der Waals surface area (Å²) in [6.07, 6.45) is -0.490. The summed E-state index contributed by atoms with van der Waals surface area (Å²) in [6.45, 7) is 0.307. The Balaban J connectivity index is 1.77. The number of esters is 1. The van der Waals surface area contributed by atoms with Gasteiger partial charge in [0.25, 0.3) is 0 Å². The van der Waals surface area contributed by atoms with Crippen LogP contribution < -0.4 is 11.1 Å². The van der Waals surface area contributed by atoms with Crippen molar-refractivity contribution in [1.82, 2.24) is 5.32 Å². The van der Waals surface area contributed by atoms with Gasteiger partial charge in [0.05, 0.1) is 5.56 Å². The largest absolute Gasteiger partial charge is 0.449 e. The van der Waals surface area contributed by atoms with Crippen molar-refractivity contribution in [2.75, 3.05) is 0 Å². The summed E-state index contributed by atoms with van der Waals surface area (Å²) in [7, 11) is 0. The molecule has 0 heterocycles. The van der Waals surface area contributed by atoms with E-state index in [0.717, 1.165) is 16.7 Å². The molecule has 0 unspecified atom stereocenters. The molecule has 27 heavy (non-hydrogen) atoms. The summed E-state index contributed by atoms with van der Waals surface area (Å²) in [5.74, 6) is -0.415. The molecule has 0 aliphatic carbocycles. The summed E-state index contributed by atoms with van der Waals surface area (Å²) in [5, 5.41) is 2.51. The monoisotopic (exact) mass is 360 g/mol. The molecular weight excluding hydrogens is 340 g/mol. The highest BCUT2D eigenvalue weighted by Gasteiger charge is 2.19. The molecule has 0 saturated heterocycles. The van der Waals surface area contributed by atoms with Crippen molar-refractivity contribution in [3.63, 3.8) is 0 Å². The van der Waals surface area contributed by atoms with Gasteiger partial charge in [-0.25, -0.2) is 9.59 Å². The first-order valence-corrected chi connectivity index (χ1v) is 8.56. The van der Waals surface area contributed by atoms with E-state index in [1.165, 1.54) is 0 Å². The van der Waals surface area contributed by atoms with Crippen LogP contribution in [-0.2, 0) is 11.3 Å². The zero-order chi connectivity index (χ0) is 19.1. The third kappa shape index (κ3) is 4.95. The SMILES string of the molecule is NC(=O)NCc1ccc(C(=O)OC(c2ccccc2)c2ccccc2)cc1. The van der Waals surface area contributed by atoms with Gasteiger partial charge in [-0.2, -0.15) is 0 Å². The molecular formula is C22H20N2O3. The highest BCUT2D eigenvalue weighted by Crippen LogP contribution is 2.27. The summed E-state index contributed by atoms with van der Waals surface area (Å²) in [4.78, 5) is 23.4. The van der Waals surface area contributed by atoms with Crippen molar-refractivity contribution in [3.05, 3.63) is 107 Å². The van der Waals surface area contributed by atoms with E-state index in [4.69, 9.17) is 10.5 Å². The standard InChI is InChI=1S/C22H20N2O3/c23-22(26)24-15-16-11-13-19(14-12-16)21(25)27-20(17-7-3-1-4-8-17)18-9-5-2-6-10-18/h1-14,20H,15H2,(H3,23,24,26). The van der Waals surface area contributed by atoms with Crippen molar-refractivity contribution in [3.8, 4) is 0 Å². The van der Waals surface area contributed by atoms with Crippen LogP contribution in [0, 0.1) is 0 Å². The molecule has 0 aliphatic rings. The Bertz CT molecular complexity index is 854. The van der Waals surface area contributed by atoms with Crippen LogP contribution in [0.1, 0.15) is 33.2 Å². The first-order chi connectivity index (χ1) is 13.1. The Morgan fingerprint density at radius 1 is 0.815 bits per heavy atom. The van der Waals surface area contributed by atoms with Gasteiger partial charge in [-0.1, -0.05) is 72.8 Å². The van der Waals surface area contributed by atoms with E-state index < -0.39 is 18.1 Å². The zero-order valence-corrected chi connectivity index (χ0v) is 14.7. The maximum absolute atomic E-state index is 12.7. The lowest BCUT2D eigenvalue weighted by atomic mass is 10.0. The lowest BCUT2D eigenvalue weighted by Gasteiger charge is -2.19. The van der Waals surface area contributed by atoms with Crippen LogP contribution in [0.2, 0.25) is 0 Å². The van der Waals surface area contributed by atoms with Gasteiger partial charge in [0.2, 0.25) is 0 Å². The number of primary amides is 1. The van der Waals surface area contributed by atoms with Crippen LogP contribution in [-0.4, -0.2) is 12.0 Å².